The van der Waals surface area contributed by atoms with E-state index in [4.69, 9.17) is 4.74 Å². The predicted molar refractivity (Wildman–Crippen MR) is 59.8 cm³/mol. The molecule has 1 aliphatic heterocycles. The molecular weight excluding hydrogens is 188 g/mol. The van der Waals surface area contributed by atoms with Gasteiger partial charge in [0.1, 0.15) is 5.78 Å². The number of Topliss-reactive ketones (excluding diaryl/α,β-unsaturated/α-hetero) is 1. The Morgan fingerprint density at radius 1 is 1.07 bits per heavy atom. The summed E-state index contributed by atoms with van der Waals surface area (Å²) in [5.41, 5.74) is 0. The Morgan fingerprint density at radius 2 is 2.00 bits per heavy atom. The van der Waals surface area contributed by atoms with Crippen LogP contribution in [0.5, 0.6) is 0 Å². The first kappa shape index (κ1) is 11.1. The fourth-order valence-electron chi connectivity index (χ4n) is 2.80. The van der Waals surface area contributed by atoms with Crippen molar-refractivity contribution < 1.29 is 9.53 Å². The van der Waals surface area contributed by atoms with Gasteiger partial charge >= 0.3 is 0 Å². The van der Waals surface area contributed by atoms with Crippen molar-refractivity contribution >= 4 is 5.78 Å². The maximum absolute atomic E-state index is 11.8. The normalized spacial score (nSPS) is 32.9. The molecular formula is C13H22O2. The summed E-state index contributed by atoms with van der Waals surface area (Å²) < 4.78 is 5.60. The first-order valence-electron chi connectivity index (χ1n) is 6.50. The molecule has 2 nitrogen and oxygen atoms in total. The Balaban J connectivity index is 1.73. The molecule has 2 aliphatic rings. The van der Waals surface area contributed by atoms with Crippen molar-refractivity contribution in [3.8, 4) is 0 Å². The third kappa shape index (κ3) is 3.30. The highest BCUT2D eigenvalue weighted by atomic mass is 16.5. The lowest BCUT2D eigenvalue weighted by Crippen LogP contribution is -2.15. The zero-order valence-corrected chi connectivity index (χ0v) is 9.54. The van der Waals surface area contributed by atoms with E-state index in [9.17, 15) is 4.79 Å². The second-order valence-electron chi connectivity index (χ2n) is 4.97. The molecule has 2 unspecified atom stereocenters. The summed E-state index contributed by atoms with van der Waals surface area (Å²) in [4.78, 5) is 11.8. The highest BCUT2D eigenvalue weighted by Crippen LogP contribution is 2.26. The minimum atomic E-state index is 0.358. The highest BCUT2D eigenvalue weighted by molar-refractivity contribution is 5.81. The van der Waals surface area contributed by atoms with Gasteiger partial charge in [-0.3, -0.25) is 4.79 Å². The average molecular weight is 210 g/mol. The van der Waals surface area contributed by atoms with Crippen LogP contribution in [0.1, 0.15) is 57.8 Å². The third-order valence-electron chi connectivity index (χ3n) is 3.79. The van der Waals surface area contributed by atoms with E-state index in [2.05, 4.69) is 0 Å². The van der Waals surface area contributed by atoms with Crippen LogP contribution in [-0.4, -0.2) is 18.5 Å². The first-order chi connectivity index (χ1) is 7.36. The number of hydrogen-bond acceptors (Lipinski definition) is 2. The van der Waals surface area contributed by atoms with Crippen molar-refractivity contribution in [1.82, 2.24) is 0 Å². The smallest absolute Gasteiger partial charge is 0.135 e. The van der Waals surface area contributed by atoms with Crippen LogP contribution in [0.4, 0.5) is 0 Å². The van der Waals surface area contributed by atoms with Crippen molar-refractivity contribution in [2.75, 3.05) is 6.61 Å². The molecule has 0 amide bonds. The van der Waals surface area contributed by atoms with Crippen LogP contribution in [0.3, 0.4) is 0 Å². The number of hydrogen-bond donors (Lipinski definition) is 0. The van der Waals surface area contributed by atoms with E-state index >= 15 is 0 Å². The van der Waals surface area contributed by atoms with Crippen LogP contribution in [0, 0.1) is 5.92 Å². The summed E-state index contributed by atoms with van der Waals surface area (Å²) >= 11 is 0. The summed E-state index contributed by atoms with van der Waals surface area (Å²) in [7, 11) is 0. The maximum Gasteiger partial charge on any atom is 0.135 e. The lowest BCUT2D eigenvalue weighted by atomic mass is 9.92. The van der Waals surface area contributed by atoms with Gasteiger partial charge < -0.3 is 4.74 Å². The molecule has 2 rings (SSSR count). The SMILES string of the molecule is O=C1CCCCCC1CCC1CCCO1. The predicted octanol–water partition coefficient (Wildman–Crippen LogP) is 3.10. The standard InChI is InChI=1S/C13H22O2/c14-13-7-3-1-2-5-11(13)8-9-12-6-4-10-15-12/h11-12H,1-10H2. The van der Waals surface area contributed by atoms with Gasteiger partial charge in [-0.1, -0.05) is 12.8 Å². The first-order valence-corrected chi connectivity index (χ1v) is 6.50. The molecule has 15 heavy (non-hydrogen) atoms. The van der Waals surface area contributed by atoms with Crippen molar-refractivity contribution in [3.63, 3.8) is 0 Å². The van der Waals surface area contributed by atoms with Crippen LogP contribution in [0.15, 0.2) is 0 Å². The average Bonchev–Trinajstić information content (AvgIpc) is 2.67. The molecule has 2 atom stereocenters. The zero-order valence-electron chi connectivity index (χ0n) is 9.54. The highest BCUT2D eigenvalue weighted by Gasteiger charge is 2.23. The molecule has 0 radical (unpaired) electrons. The molecule has 0 aromatic heterocycles. The molecule has 2 heteroatoms. The summed E-state index contributed by atoms with van der Waals surface area (Å²) in [6.45, 7) is 0.934. The van der Waals surface area contributed by atoms with Gasteiger partial charge in [-0.15, -0.1) is 0 Å². The van der Waals surface area contributed by atoms with Crippen molar-refractivity contribution in [1.29, 1.82) is 0 Å². The maximum atomic E-state index is 11.8. The van der Waals surface area contributed by atoms with Crippen LogP contribution in [0.2, 0.25) is 0 Å². The van der Waals surface area contributed by atoms with E-state index in [1.165, 1.54) is 25.7 Å². The van der Waals surface area contributed by atoms with Crippen LogP contribution < -0.4 is 0 Å². The molecule has 2 fully saturated rings. The number of ketones is 1. The topological polar surface area (TPSA) is 26.3 Å². The van der Waals surface area contributed by atoms with E-state index in [-0.39, 0.29) is 0 Å². The number of carbonyl (C=O) groups is 1. The minimum Gasteiger partial charge on any atom is -0.378 e. The fraction of sp³-hybridized carbons (Fsp3) is 0.923. The molecule has 0 bridgehead atoms. The summed E-state index contributed by atoms with van der Waals surface area (Å²) in [6, 6.07) is 0. The Bertz CT molecular complexity index is 207. The van der Waals surface area contributed by atoms with E-state index in [0.717, 1.165) is 38.7 Å². The van der Waals surface area contributed by atoms with Gasteiger partial charge in [0.2, 0.25) is 0 Å². The van der Waals surface area contributed by atoms with Gasteiger partial charge in [0, 0.05) is 18.9 Å². The van der Waals surface area contributed by atoms with Crippen LogP contribution >= 0.6 is 0 Å². The van der Waals surface area contributed by atoms with Gasteiger partial charge in [-0.2, -0.15) is 0 Å². The summed E-state index contributed by atoms with van der Waals surface area (Å²) in [5, 5.41) is 0. The molecule has 0 spiro atoms. The van der Waals surface area contributed by atoms with E-state index in [1.54, 1.807) is 0 Å². The fourth-order valence-corrected chi connectivity index (χ4v) is 2.80. The van der Waals surface area contributed by atoms with Gasteiger partial charge in [-0.25, -0.2) is 0 Å². The lowest BCUT2D eigenvalue weighted by molar-refractivity contribution is -0.123. The molecule has 1 heterocycles. The monoisotopic (exact) mass is 210 g/mol. The Kier molecular flexibility index (Phi) is 4.18. The number of rotatable bonds is 3. The van der Waals surface area contributed by atoms with Gasteiger partial charge in [0.15, 0.2) is 0 Å². The number of carbonyl (C=O) groups excluding carboxylic acids is 1. The minimum absolute atomic E-state index is 0.358. The summed E-state index contributed by atoms with van der Waals surface area (Å²) in [5.74, 6) is 0.877. The summed E-state index contributed by atoms with van der Waals surface area (Å²) in [6.07, 6.45) is 10.6. The van der Waals surface area contributed by atoms with Gasteiger partial charge in [0.05, 0.1) is 6.10 Å². The molecule has 0 aromatic rings. The number of ether oxygens (including phenoxy) is 1. The van der Waals surface area contributed by atoms with E-state index in [1.807, 2.05) is 0 Å². The lowest BCUT2D eigenvalue weighted by Gasteiger charge is -2.15. The Morgan fingerprint density at radius 3 is 2.80 bits per heavy atom. The zero-order chi connectivity index (χ0) is 10.5. The quantitative estimate of drug-likeness (QED) is 0.669. The van der Waals surface area contributed by atoms with Crippen LogP contribution in [0.25, 0.3) is 0 Å². The second kappa shape index (κ2) is 5.64. The molecule has 1 saturated heterocycles. The molecule has 0 aromatic carbocycles. The molecule has 1 saturated carbocycles. The van der Waals surface area contributed by atoms with Gasteiger partial charge in [0.25, 0.3) is 0 Å². The van der Waals surface area contributed by atoms with Gasteiger partial charge in [-0.05, 0) is 38.5 Å². The Hall–Kier alpha value is -0.370. The molecule has 86 valence electrons. The van der Waals surface area contributed by atoms with E-state index in [0.29, 0.717) is 17.8 Å². The molecule has 0 N–H and O–H groups in total. The second-order valence-corrected chi connectivity index (χ2v) is 4.97. The third-order valence-corrected chi connectivity index (χ3v) is 3.79. The van der Waals surface area contributed by atoms with E-state index < -0.39 is 0 Å². The van der Waals surface area contributed by atoms with Crippen molar-refractivity contribution in [2.45, 2.75) is 63.9 Å². The van der Waals surface area contributed by atoms with Crippen molar-refractivity contribution in [2.24, 2.45) is 5.92 Å². The van der Waals surface area contributed by atoms with Crippen LogP contribution in [-0.2, 0) is 9.53 Å². The Labute approximate surface area is 92.4 Å². The molecule has 1 aliphatic carbocycles. The largest absolute Gasteiger partial charge is 0.378 e. The van der Waals surface area contributed by atoms with Crippen molar-refractivity contribution in [3.05, 3.63) is 0 Å².